The first-order valence-corrected chi connectivity index (χ1v) is 7.88. The highest BCUT2D eigenvalue weighted by atomic mass is 19.4. The van der Waals surface area contributed by atoms with E-state index in [-0.39, 0.29) is 11.3 Å². The number of carbonyl (C=O) groups excluding carboxylic acids is 3. The summed E-state index contributed by atoms with van der Waals surface area (Å²) < 4.78 is 51.2. The van der Waals surface area contributed by atoms with Gasteiger partial charge in [0.1, 0.15) is 11.5 Å². The number of halogens is 3. The van der Waals surface area contributed by atoms with Crippen molar-refractivity contribution in [3.8, 4) is 5.75 Å². The molecule has 1 atom stereocenters. The van der Waals surface area contributed by atoms with E-state index < -0.39 is 36.2 Å². The van der Waals surface area contributed by atoms with E-state index in [1.807, 2.05) is 0 Å². The van der Waals surface area contributed by atoms with Crippen molar-refractivity contribution >= 4 is 17.8 Å². The van der Waals surface area contributed by atoms with E-state index in [0.717, 1.165) is 0 Å². The molecule has 0 radical (unpaired) electrons. The highest BCUT2D eigenvalue weighted by molar-refractivity contribution is 6.10. The van der Waals surface area contributed by atoms with Crippen LogP contribution in [0.5, 0.6) is 5.75 Å². The summed E-state index contributed by atoms with van der Waals surface area (Å²) in [5, 5.41) is 3.17. The van der Waals surface area contributed by atoms with Gasteiger partial charge in [0.05, 0.1) is 19.9 Å². The molecule has 2 N–H and O–H groups in total. The van der Waals surface area contributed by atoms with Crippen LogP contribution >= 0.6 is 0 Å². The number of alkyl halides is 3. The Morgan fingerprint density at radius 3 is 2.46 bits per heavy atom. The number of imide groups is 1. The van der Waals surface area contributed by atoms with Gasteiger partial charge in [-0.1, -0.05) is 0 Å². The van der Waals surface area contributed by atoms with Crippen LogP contribution in [0.25, 0.3) is 0 Å². The maximum absolute atomic E-state index is 13.8. The molecule has 2 aromatic rings. The van der Waals surface area contributed by atoms with E-state index in [9.17, 15) is 27.6 Å². The second-order valence-corrected chi connectivity index (χ2v) is 5.83. The van der Waals surface area contributed by atoms with Crippen molar-refractivity contribution < 1.29 is 36.7 Å². The number of ether oxygens (including phenoxy) is 1. The number of rotatable bonds is 5. The molecule has 11 heteroatoms. The third-order valence-corrected chi connectivity index (χ3v) is 4.08. The molecule has 148 valence electrons. The molecular weight excluding hydrogens is 383 g/mol. The molecule has 2 heterocycles. The van der Waals surface area contributed by atoms with Gasteiger partial charge >= 0.3 is 12.2 Å². The summed E-state index contributed by atoms with van der Waals surface area (Å²) in [7, 11) is 1.38. The van der Waals surface area contributed by atoms with Crippen LogP contribution in [-0.4, -0.2) is 41.7 Å². The Labute approximate surface area is 156 Å². The summed E-state index contributed by atoms with van der Waals surface area (Å²) in [5.74, 6) is -2.38. The summed E-state index contributed by atoms with van der Waals surface area (Å²) in [4.78, 5) is 37.2. The van der Waals surface area contributed by atoms with Crippen LogP contribution in [0.3, 0.4) is 0 Å². The second-order valence-electron chi connectivity index (χ2n) is 5.83. The summed E-state index contributed by atoms with van der Waals surface area (Å²) in [6.07, 6.45) is -4.05. The maximum atomic E-state index is 13.8. The van der Waals surface area contributed by atoms with Gasteiger partial charge in [0, 0.05) is 5.56 Å². The first-order chi connectivity index (χ1) is 13.2. The third-order valence-electron chi connectivity index (χ3n) is 4.08. The van der Waals surface area contributed by atoms with Gasteiger partial charge in [-0.2, -0.15) is 13.2 Å². The second kappa shape index (κ2) is 6.91. The number of nitrogens with one attached hydrogen (secondary N) is 2. The smallest absolute Gasteiger partial charge is 0.440 e. The Morgan fingerprint density at radius 1 is 1.25 bits per heavy atom. The summed E-state index contributed by atoms with van der Waals surface area (Å²) in [6, 6.07) is 6.72. The first kappa shape index (κ1) is 19.3. The van der Waals surface area contributed by atoms with E-state index in [4.69, 9.17) is 9.15 Å². The minimum absolute atomic E-state index is 0.1000. The van der Waals surface area contributed by atoms with Crippen molar-refractivity contribution in [2.24, 2.45) is 0 Å². The van der Waals surface area contributed by atoms with Gasteiger partial charge in [-0.05, 0) is 36.4 Å². The van der Waals surface area contributed by atoms with Crippen molar-refractivity contribution in [2.45, 2.75) is 18.4 Å². The lowest BCUT2D eigenvalue weighted by Gasteiger charge is -2.29. The topological polar surface area (TPSA) is 101 Å². The number of benzene rings is 1. The number of amides is 4. The van der Waals surface area contributed by atoms with Crippen molar-refractivity contribution in [3.05, 3.63) is 54.0 Å². The molecular formula is C17H14F3N3O5. The predicted molar refractivity (Wildman–Crippen MR) is 87.0 cm³/mol. The molecule has 0 unspecified atom stereocenters. The van der Waals surface area contributed by atoms with Crippen LogP contribution < -0.4 is 15.4 Å². The molecule has 0 spiro atoms. The lowest BCUT2D eigenvalue weighted by molar-refractivity contribution is -0.200. The highest BCUT2D eigenvalue weighted by Crippen LogP contribution is 2.34. The quantitative estimate of drug-likeness (QED) is 0.752. The molecule has 8 nitrogen and oxygen atoms in total. The van der Waals surface area contributed by atoms with E-state index in [1.54, 1.807) is 10.6 Å². The van der Waals surface area contributed by atoms with Crippen molar-refractivity contribution in [2.75, 3.05) is 7.11 Å². The van der Waals surface area contributed by atoms with Gasteiger partial charge in [0.15, 0.2) is 0 Å². The molecule has 0 bridgehead atoms. The lowest BCUT2D eigenvalue weighted by Crippen LogP contribution is -2.69. The van der Waals surface area contributed by atoms with Gasteiger partial charge in [-0.25, -0.2) is 4.79 Å². The fourth-order valence-electron chi connectivity index (χ4n) is 2.61. The van der Waals surface area contributed by atoms with Crippen LogP contribution in [0.15, 0.2) is 47.1 Å². The largest absolute Gasteiger partial charge is 0.497 e. The average molecular weight is 397 g/mol. The van der Waals surface area contributed by atoms with Crippen LogP contribution in [0.1, 0.15) is 16.1 Å². The van der Waals surface area contributed by atoms with E-state index in [1.165, 1.54) is 49.8 Å². The van der Waals surface area contributed by atoms with Gasteiger partial charge < -0.3 is 14.5 Å². The lowest BCUT2D eigenvalue weighted by atomic mass is 10.1. The number of urea groups is 1. The molecule has 1 aliphatic rings. The Hall–Kier alpha value is -3.50. The van der Waals surface area contributed by atoms with Crippen LogP contribution in [-0.2, 0) is 11.3 Å². The van der Waals surface area contributed by atoms with Crippen LogP contribution in [0.2, 0.25) is 0 Å². The highest BCUT2D eigenvalue weighted by Gasteiger charge is 2.68. The Balaban J connectivity index is 1.89. The number of hydrogen-bond donors (Lipinski definition) is 2. The minimum atomic E-state index is -5.29. The van der Waals surface area contributed by atoms with Crippen molar-refractivity contribution in [1.82, 2.24) is 15.5 Å². The number of furan rings is 1. The summed E-state index contributed by atoms with van der Waals surface area (Å²) in [6.45, 7) is -0.520. The Bertz CT molecular complexity index is 896. The monoisotopic (exact) mass is 397 g/mol. The molecule has 0 saturated carbocycles. The molecule has 1 saturated heterocycles. The maximum Gasteiger partial charge on any atom is 0.440 e. The Kier molecular flexibility index (Phi) is 4.75. The number of methoxy groups -OCH3 is 1. The van der Waals surface area contributed by atoms with Gasteiger partial charge in [0.2, 0.25) is 0 Å². The standard InChI is InChI=1S/C17H14F3N3O5/c1-27-11-6-4-10(5-7-11)13(24)21-16(17(18,19)20)14(25)23(15(26)22-16)9-12-3-2-8-28-12/h2-8H,9H2,1H3,(H,21,24)(H,22,26)/t16-/m0/s1. The number of hydrogen-bond acceptors (Lipinski definition) is 5. The van der Waals surface area contributed by atoms with Crippen LogP contribution in [0.4, 0.5) is 18.0 Å². The minimum Gasteiger partial charge on any atom is -0.497 e. The van der Waals surface area contributed by atoms with Crippen molar-refractivity contribution in [3.63, 3.8) is 0 Å². The molecule has 1 aromatic carbocycles. The fourth-order valence-corrected chi connectivity index (χ4v) is 2.61. The van der Waals surface area contributed by atoms with Crippen molar-refractivity contribution in [1.29, 1.82) is 0 Å². The van der Waals surface area contributed by atoms with Crippen LogP contribution in [0, 0.1) is 0 Å². The summed E-state index contributed by atoms with van der Waals surface area (Å²) in [5.41, 5.74) is -3.75. The van der Waals surface area contributed by atoms with Gasteiger partial charge in [-0.3, -0.25) is 19.8 Å². The van der Waals surface area contributed by atoms with E-state index in [2.05, 4.69) is 0 Å². The zero-order chi connectivity index (χ0) is 20.5. The number of nitrogens with zero attached hydrogens (tertiary/aromatic N) is 1. The summed E-state index contributed by atoms with van der Waals surface area (Å²) >= 11 is 0. The van der Waals surface area contributed by atoms with E-state index >= 15 is 0 Å². The average Bonchev–Trinajstić information content (AvgIpc) is 3.24. The molecule has 1 fully saturated rings. The molecule has 1 aromatic heterocycles. The van der Waals surface area contributed by atoms with Gasteiger partial charge in [-0.15, -0.1) is 0 Å². The SMILES string of the molecule is COc1ccc(C(=O)N[C@]2(C(F)(F)F)NC(=O)N(Cc3ccco3)C2=O)cc1. The molecule has 4 amide bonds. The van der Waals surface area contributed by atoms with E-state index in [0.29, 0.717) is 10.6 Å². The molecule has 28 heavy (non-hydrogen) atoms. The third kappa shape index (κ3) is 3.26. The first-order valence-electron chi connectivity index (χ1n) is 7.88. The number of carbonyl (C=O) groups is 3. The fraction of sp³-hybridized carbons (Fsp3) is 0.235. The zero-order valence-corrected chi connectivity index (χ0v) is 14.4. The Morgan fingerprint density at radius 2 is 1.93 bits per heavy atom. The zero-order valence-electron chi connectivity index (χ0n) is 14.4. The molecule has 3 rings (SSSR count). The predicted octanol–water partition coefficient (Wildman–Crippen LogP) is 2.03. The molecule has 0 aliphatic carbocycles. The normalized spacial score (nSPS) is 19.5. The molecule has 1 aliphatic heterocycles. The van der Waals surface area contributed by atoms with Gasteiger partial charge in [0.25, 0.3) is 17.5 Å².